The molecule has 122 valence electrons. The highest BCUT2D eigenvalue weighted by molar-refractivity contribution is 8.02. The van der Waals surface area contributed by atoms with Crippen molar-refractivity contribution in [3.05, 3.63) is 59.6 Å². The molecule has 0 aliphatic heterocycles. The molecule has 1 N–H and O–H groups in total. The predicted octanol–water partition coefficient (Wildman–Crippen LogP) is 4.63. The van der Waals surface area contributed by atoms with Crippen LogP contribution in [-0.4, -0.2) is 21.4 Å². The number of nitrogens with one attached hydrogen (secondary N) is 1. The fourth-order valence-corrected chi connectivity index (χ4v) is 4.19. The first-order chi connectivity index (χ1) is 11.6. The first kappa shape index (κ1) is 16.7. The van der Waals surface area contributed by atoms with E-state index in [4.69, 9.17) is 0 Å². The molecule has 6 heteroatoms. The minimum absolute atomic E-state index is 0.0452. The normalized spacial score (nSPS) is 11.9. The Bertz CT molecular complexity index is 833. The van der Waals surface area contributed by atoms with Crippen LogP contribution in [-0.2, 0) is 4.79 Å². The van der Waals surface area contributed by atoms with Crippen LogP contribution in [0.2, 0.25) is 0 Å². The lowest BCUT2D eigenvalue weighted by molar-refractivity contribution is -0.115. The van der Waals surface area contributed by atoms with Crippen molar-refractivity contribution >= 4 is 34.7 Å². The number of hydrogen-bond acceptors (Lipinski definition) is 5. The molecule has 3 aromatic rings. The number of nitrogens with zero attached hydrogens (tertiary/aromatic N) is 2. The number of hydrogen-bond donors (Lipinski definition) is 1. The zero-order chi connectivity index (χ0) is 16.9. The smallest absolute Gasteiger partial charge is 0.237 e. The Morgan fingerprint density at radius 2 is 1.79 bits per heavy atom. The van der Waals surface area contributed by atoms with Crippen molar-refractivity contribution in [2.75, 3.05) is 5.32 Å². The van der Waals surface area contributed by atoms with Gasteiger partial charge in [-0.2, -0.15) is 0 Å². The van der Waals surface area contributed by atoms with Crippen LogP contribution in [0.1, 0.15) is 11.9 Å². The van der Waals surface area contributed by atoms with Gasteiger partial charge >= 0.3 is 0 Å². The van der Waals surface area contributed by atoms with Gasteiger partial charge in [-0.25, -0.2) is 0 Å². The molecule has 0 saturated carbocycles. The Hall–Kier alpha value is -2.18. The summed E-state index contributed by atoms with van der Waals surface area (Å²) in [6.45, 7) is 3.78. The van der Waals surface area contributed by atoms with Gasteiger partial charge in [0.25, 0.3) is 0 Å². The van der Waals surface area contributed by atoms with E-state index >= 15 is 0 Å². The lowest BCUT2D eigenvalue weighted by Gasteiger charge is -2.14. The largest absolute Gasteiger partial charge is 0.325 e. The average Bonchev–Trinajstić information content (AvgIpc) is 3.01. The third-order valence-corrected chi connectivity index (χ3v) is 5.45. The molecular formula is C18H17N3OS2. The molecular weight excluding hydrogens is 338 g/mol. The van der Waals surface area contributed by atoms with Crippen molar-refractivity contribution in [3.8, 4) is 11.1 Å². The van der Waals surface area contributed by atoms with Gasteiger partial charge in [-0.3, -0.25) is 4.79 Å². The van der Waals surface area contributed by atoms with Gasteiger partial charge in [-0.15, -0.1) is 10.2 Å². The van der Waals surface area contributed by atoms with E-state index in [1.165, 1.54) is 23.1 Å². The lowest BCUT2D eigenvalue weighted by atomic mass is 10.0. The number of aryl methyl sites for hydroxylation is 1. The Balaban J connectivity index is 1.75. The number of aromatic nitrogens is 2. The van der Waals surface area contributed by atoms with Crippen LogP contribution >= 0.6 is 23.1 Å². The number of para-hydroxylation sites is 1. The molecule has 0 spiro atoms. The van der Waals surface area contributed by atoms with Crippen molar-refractivity contribution in [2.24, 2.45) is 0 Å². The molecule has 2 aromatic carbocycles. The quantitative estimate of drug-likeness (QED) is 0.678. The summed E-state index contributed by atoms with van der Waals surface area (Å²) in [6, 6.07) is 17.9. The predicted molar refractivity (Wildman–Crippen MR) is 100 cm³/mol. The summed E-state index contributed by atoms with van der Waals surface area (Å²) in [5, 5.41) is 11.7. The van der Waals surface area contributed by atoms with Crippen LogP contribution in [0.3, 0.4) is 0 Å². The molecule has 1 amide bonds. The Morgan fingerprint density at radius 3 is 2.50 bits per heavy atom. The van der Waals surface area contributed by atoms with E-state index in [-0.39, 0.29) is 11.2 Å². The molecule has 1 atom stereocenters. The van der Waals surface area contributed by atoms with Gasteiger partial charge in [0, 0.05) is 11.3 Å². The zero-order valence-corrected chi connectivity index (χ0v) is 15.0. The number of carbonyl (C=O) groups is 1. The Kier molecular flexibility index (Phi) is 5.27. The van der Waals surface area contributed by atoms with E-state index in [0.29, 0.717) is 0 Å². The molecule has 1 aromatic heterocycles. The first-order valence-corrected chi connectivity index (χ1v) is 9.25. The topological polar surface area (TPSA) is 54.9 Å². The van der Waals surface area contributed by atoms with Crippen LogP contribution in [0.4, 0.5) is 5.69 Å². The van der Waals surface area contributed by atoms with E-state index in [1.807, 2.05) is 68.4 Å². The highest BCUT2D eigenvalue weighted by Crippen LogP contribution is 2.30. The van der Waals surface area contributed by atoms with E-state index in [2.05, 4.69) is 15.5 Å². The van der Waals surface area contributed by atoms with Crippen LogP contribution < -0.4 is 5.32 Å². The summed E-state index contributed by atoms with van der Waals surface area (Å²) in [5.41, 5.74) is 2.90. The second kappa shape index (κ2) is 7.59. The standard InChI is InChI=1S/C18H17N3OS2/c1-12(23-18-21-20-13(2)24-18)17(22)19-16-11-7-6-10-15(16)14-8-4-3-5-9-14/h3-12H,1-2H3,(H,19,22). The van der Waals surface area contributed by atoms with Gasteiger partial charge < -0.3 is 5.32 Å². The summed E-state index contributed by atoms with van der Waals surface area (Å²) in [5.74, 6) is -0.0452. The maximum atomic E-state index is 12.5. The molecule has 1 heterocycles. The molecule has 0 radical (unpaired) electrons. The van der Waals surface area contributed by atoms with Crippen molar-refractivity contribution in [2.45, 2.75) is 23.4 Å². The van der Waals surface area contributed by atoms with Gasteiger partial charge in [-0.05, 0) is 25.5 Å². The molecule has 24 heavy (non-hydrogen) atoms. The summed E-state index contributed by atoms with van der Waals surface area (Å²) in [4.78, 5) is 12.5. The third-order valence-electron chi connectivity index (χ3n) is 3.42. The maximum absolute atomic E-state index is 12.5. The monoisotopic (exact) mass is 355 g/mol. The van der Waals surface area contributed by atoms with Crippen molar-refractivity contribution in [1.29, 1.82) is 0 Å². The van der Waals surface area contributed by atoms with Gasteiger partial charge in [0.1, 0.15) is 5.01 Å². The van der Waals surface area contributed by atoms with E-state index in [1.54, 1.807) is 0 Å². The lowest BCUT2D eigenvalue weighted by Crippen LogP contribution is -2.22. The number of benzene rings is 2. The Morgan fingerprint density at radius 1 is 1.08 bits per heavy atom. The van der Waals surface area contributed by atoms with Gasteiger partial charge in [0.05, 0.1) is 5.25 Å². The fraction of sp³-hybridized carbons (Fsp3) is 0.167. The van der Waals surface area contributed by atoms with Gasteiger partial charge in [0.2, 0.25) is 5.91 Å². The molecule has 0 fully saturated rings. The van der Waals surface area contributed by atoms with Gasteiger partial charge in [-0.1, -0.05) is 71.6 Å². The van der Waals surface area contributed by atoms with E-state index in [9.17, 15) is 4.79 Å². The third kappa shape index (κ3) is 4.01. The van der Waals surface area contributed by atoms with Crippen LogP contribution in [0.25, 0.3) is 11.1 Å². The minimum atomic E-state index is -0.249. The number of carbonyl (C=O) groups excluding carboxylic acids is 1. The summed E-state index contributed by atoms with van der Waals surface area (Å²) in [6.07, 6.45) is 0. The maximum Gasteiger partial charge on any atom is 0.237 e. The van der Waals surface area contributed by atoms with Gasteiger partial charge in [0.15, 0.2) is 4.34 Å². The van der Waals surface area contributed by atoms with E-state index < -0.39 is 0 Å². The number of thioether (sulfide) groups is 1. The van der Waals surface area contributed by atoms with Crippen molar-refractivity contribution < 1.29 is 4.79 Å². The number of rotatable bonds is 5. The fourth-order valence-electron chi connectivity index (χ4n) is 2.23. The summed E-state index contributed by atoms with van der Waals surface area (Å²) >= 11 is 2.93. The molecule has 4 nitrogen and oxygen atoms in total. The molecule has 0 aliphatic carbocycles. The molecule has 3 rings (SSSR count). The Labute approximate surface area is 149 Å². The van der Waals surface area contributed by atoms with Crippen LogP contribution in [0.5, 0.6) is 0 Å². The SMILES string of the molecule is Cc1nnc(SC(C)C(=O)Nc2ccccc2-c2ccccc2)s1. The second-order valence-corrected chi connectivity index (χ2v) is 8.02. The summed E-state index contributed by atoms with van der Waals surface area (Å²) in [7, 11) is 0. The van der Waals surface area contributed by atoms with Crippen molar-refractivity contribution in [3.63, 3.8) is 0 Å². The molecule has 1 unspecified atom stereocenters. The molecule has 0 saturated heterocycles. The molecule has 0 aliphatic rings. The first-order valence-electron chi connectivity index (χ1n) is 7.55. The number of amides is 1. The zero-order valence-electron chi connectivity index (χ0n) is 13.4. The highest BCUT2D eigenvalue weighted by atomic mass is 32.2. The number of anilines is 1. The van der Waals surface area contributed by atoms with E-state index in [0.717, 1.165) is 26.2 Å². The van der Waals surface area contributed by atoms with Crippen molar-refractivity contribution in [1.82, 2.24) is 10.2 Å². The average molecular weight is 355 g/mol. The summed E-state index contributed by atoms with van der Waals surface area (Å²) < 4.78 is 0.812. The second-order valence-electron chi connectivity index (χ2n) is 5.25. The molecule has 0 bridgehead atoms. The highest BCUT2D eigenvalue weighted by Gasteiger charge is 2.18. The minimum Gasteiger partial charge on any atom is -0.325 e. The van der Waals surface area contributed by atoms with Crippen LogP contribution in [0.15, 0.2) is 58.9 Å². The van der Waals surface area contributed by atoms with Crippen LogP contribution in [0, 0.1) is 6.92 Å².